The van der Waals surface area contributed by atoms with Crippen molar-refractivity contribution < 1.29 is 9.53 Å². The van der Waals surface area contributed by atoms with Crippen molar-refractivity contribution in [2.45, 2.75) is 19.2 Å². The number of rotatable bonds is 10. The topological polar surface area (TPSA) is 59.4 Å². The first-order chi connectivity index (χ1) is 17.0. The lowest BCUT2D eigenvalue weighted by molar-refractivity contribution is 0.0925. The molecular formula is C28H29ClN4O2. The van der Waals surface area contributed by atoms with Gasteiger partial charge in [0, 0.05) is 11.2 Å². The molecule has 0 saturated carbocycles. The summed E-state index contributed by atoms with van der Waals surface area (Å²) in [6.07, 6.45) is 2.51. The van der Waals surface area contributed by atoms with Crippen molar-refractivity contribution in [1.29, 1.82) is 0 Å². The van der Waals surface area contributed by atoms with Crippen molar-refractivity contribution in [2.24, 2.45) is 0 Å². The average Bonchev–Trinajstić information content (AvgIpc) is 3.36. The number of nitrogens with one attached hydrogen (secondary N) is 1. The van der Waals surface area contributed by atoms with E-state index in [1.807, 2.05) is 80.8 Å². The molecule has 4 rings (SSSR count). The van der Waals surface area contributed by atoms with Crippen molar-refractivity contribution in [3.05, 3.63) is 107 Å². The van der Waals surface area contributed by atoms with Gasteiger partial charge in [0.2, 0.25) is 0 Å². The van der Waals surface area contributed by atoms with Gasteiger partial charge < -0.3 is 15.0 Å². The Hall–Kier alpha value is -3.61. The Morgan fingerprint density at radius 1 is 0.971 bits per heavy atom. The summed E-state index contributed by atoms with van der Waals surface area (Å²) in [4.78, 5) is 15.0. The first-order valence-corrected chi connectivity index (χ1v) is 11.9. The van der Waals surface area contributed by atoms with Crippen LogP contribution < -0.4 is 10.1 Å². The fraction of sp³-hybridized carbons (Fsp3) is 0.214. The molecule has 1 heterocycles. The van der Waals surface area contributed by atoms with Gasteiger partial charge in [0.25, 0.3) is 5.91 Å². The SMILES string of the molecule is CN(C)CCC(NC(=O)c1ccn(COc2ccc(-c3ccccc3)cc2)n1)c1ccc(Cl)cc1. The van der Waals surface area contributed by atoms with Gasteiger partial charge in [-0.1, -0.05) is 66.2 Å². The van der Waals surface area contributed by atoms with Crippen LogP contribution in [-0.4, -0.2) is 41.2 Å². The van der Waals surface area contributed by atoms with Gasteiger partial charge >= 0.3 is 0 Å². The maximum atomic E-state index is 12.9. The second-order valence-electron chi connectivity index (χ2n) is 8.57. The zero-order chi connectivity index (χ0) is 24.6. The Kier molecular flexibility index (Phi) is 8.19. The van der Waals surface area contributed by atoms with E-state index in [-0.39, 0.29) is 18.7 Å². The van der Waals surface area contributed by atoms with Crippen molar-refractivity contribution in [3.63, 3.8) is 0 Å². The van der Waals surface area contributed by atoms with Crippen LogP contribution >= 0.6 is 11.6 Å². The maximum absolute atomic E-state index is 12.9. The van der Waals surface area contributed by atoms with Gasteiger partial charge in [0.1, 0.15) is 11.4 Å². The quantitative estimate of drug-likeness (QED) is 0.313. The van der Waals surface area contributed by atoms with Crippen LogP contribution in [0.25, 0.3) is 11.1 Å². The Balaban J connectivity index is 1.36. The molecule has 0 spiro atoms. The van der Waals surface area contributed by atoms with E-state index in [2.05, 4.69) is 27.4 Å². The molecule has 180 valence electrons. The monoisotopic (exact) mass is 488 g/mol. The largest absolute Gasteiger partial charge is 0.471 e. The molecule has 1 amide bonds. The van der Waals surface area contributed by atoms with Crippen molar-refractivity contribution in [2.75, 3.05) is 20.6 Å². The van der Waals surface area contributed by atoms with Crippen LogP contribution in [-0.2, 0) is 6.73 Å². The number of hydrogen-bond acceptors (Lipinski definition) is 4. The summed E-state index contributed by atoms with van der Waals surface area (Å²) in [7, 11) is 4.02. The molecule has 0 aliphatic heterocycles. The summed E-state index contributed by atoms with van der Waals surface area (Å²) < 4.78 is 7.46. The third kappa shape index (κ3) is 6.94. The molecule has 0 bridgehead atoms. The lowest BCUT2D eigenvalue weighted by Crippen LogP contribution is -2.31. The molecular weight excluding hydrogens is 460 g/mol. The van der Waals surface area contributed by atoms with Crippen LogP contribution in [0.5, 0.6) is 5.75 Å². The number of ether oxygens (including phenoxy) is 1. The van der Waals surface area contributed by atoms with E-state index in [9.17, 15) is 4.79 Å². The van der Waals surface area contributed by atoms with Crippen LogP contribution in [0, 0.1) is 0 Å². The fourth-order valence-corrected chi connectivity index (χ4v) is 3.83. The van der Waals surface area contributed by atoms with Gasteiger partial charge in [-0.15, -0.1) is 0 Å². The minimum absolute atomic E-state index is 0.147. The molecule has 7 heteroatoms. The van der Waals surface area contributed by atoms with E-state index >= 15 is 0 Å². The summed E-state index contributed by atoms with van der Waals surface area (Å²) in [5.74, 6) is 0.507. The number of amides is 1. The van der Waals surface area contributed by atoms with Crippen molar-refractivity contribution in [3.8, 4) is 16.9 Å². The van der Waals surface area contributed by atoms with Crippen LogP contribution in [0.2, 0.25) is 5.02 Å². The Morgan fingerprint density at radius 3 is 2.34 bits per heavy atom. The summed E-state index contributed by atoms with van der Waals surface area (Å²) in [6.45, 7) is 1.04. The number of carbonyl (C=O) groups is 1. The van der Waals surface area contributed by atoms with Crippen LogP contribution in [0.4, 0.5) is 0 Å². The predicted molar refractivity (Wildman–Crippen MR) is 140 cm³/mol. The van der Waals surface area contributed by atoms with E-state index in [1.165, 1.54) is 0 Å². The first-order valence-electron chi connectivity index (χ1n) is 11.5. The molecule has 1 unspecified atom stereocenters. The highest BCUT2D eigenvalue weighted by Gasteiger charge is 2.18. The molecule has 0 aliphatic rings. The highest BCUT2D eigenvalue weighted by atomic mass is 35.5. The van der Waals surface area contributed by atoms with Crippen molar-refractivity contribution >= 4 is 17.5 Å². The van der Waals surface area contributed by atoms with Gasteiger partial charge in [-0.05, 0) is 74.1 Å². The number of aromatic nitrogens is 2. The molecule has 0 radical (unpaired) electrons. The number of carbonyl (C=O) groups excluding carboxylic acids is 1. The molecule has 4 aromatic rings. The molecule has 1 aromatic heterocycles. The molecule has 0 saturated heterocycles. The van der Waals surface area contributed by atoms with Gasteiger partial charge in [-0.3, -0.25) is 4.79 Å². The van der Waals surface area contributed by atoms with E-state index < -0.39 is 0 Å². The average molecular weight is 489 g/mol. The summed E-state index contributed by atoms with van der Waals surface area (Å²) >= 11 is 6.04. The van der Waals surface area contributed by atoms with Gasteiger partial charge in [-0.25, -0.2) is 4.68 Å². The van der Waals surface area contributed by atoms with E-state index in [0.29, 0.717) is 10.7 Å². The lowest BCUT2D eigenvalue weighted by Gasteiger charge is -2.21. The van der Waals surface area contributed by atoms with Crippen LogP contribution in [0.1, 0.15) is 28.5 Å². The standard InChI is InChI=1S/C28H29ClN4O2/c1-32(2)18-16-26(23-8-12-24(29)13-9-23)30-28(34)27-17-19-33(31-27)20-35-25-14-10-22(11-15-25)21-6-4-3-5-7-21/h3-15,17,19,26H,16,18,20H2,1-2H3,(H,30,34). The molecule has 6 nitrogen and oxygen atoms in total. The molecule has 35 heavy (non-hydrogen) atoms. The minimum Gasteiger partial charge on any atom is -0.471 e. The Bertz CT molecular complexity index is 1220. The molecule has 0 fully saturated rings. The van der Waals surface area contributed by atoms with E-state index in [0.717, 1.165) is 35.4 Å². The summed E-state index contributed by atoms with van der Waals surface area (Å²) in [5.41, 5.74) is 3.63. The molecule has 1 atom stereocenters. The number of hydrogen-bond donors (Lipinski definition) is 1. The zero-order valence-corrected chi connectivity index (χ0v) is 20.7. The normalized spacial score (nSPS) is 11.9. The third-order valence-corrected chi connectivity index (χ3v) is 5.89. The fourth-order valence-electron chi connectivity index (χ4n) is 3.71. The summed E-state index contributed by atoms with van der Waals surface area (Å²) in [5, 5.41) is 8.17. The number of nitrogens with zero attached hydrogens (tertiary/aromatic N) is 3. The molecule has 1 N–H and O–H groups in total. The van der Waals surface area contributed by atoms with Gasteiger partial charge in [-0.2, -0.15) is 5.10 Å². The van der Waals surface area contributed by atoms with E-state index in [4.69, 9.17) is 16.3 Å². The van der Waals surface area contributed by atoms with Crippen LogP contribution in [0.15, 0.2) is 91.1 Å². The molecule has 0 aliphatic carbocycles. The van der Waals surface area contributed by atoms with Gasteiger partial charge in [0.15, 0.2) is 6.73 Å². The van der Waals surface area contributed by atoms with Crippen LogP contribution in [0.3, 0.4) is 0 Å². The van der Waals surface area contributed by atoms with Crippen molar-refractivity contribution in [1.82, 2.24) is 20.0 Å². The zero-order valence-electron chi connectivity index (χ0n) is 19.9. The second kappa shape index (κ2) is 11.7. The predicted octanol–water partition coefficient (Wildman–Crippen LogP) is 5.66. The minimum atomic E-state index is -0.227. The maximum Gasteiger partial charge on any atom is 0.272 e. The Labute approximate surface area is 211 Å². The highest BCUT2D eigenvalue weighted by Crippen LogP contribution is 2.23. The second-order valence-corrected chi connectivity index (χ2v) is 9.01. The first kappa shape index (κ1) is 24.5. The van der Waals surface area contributed by atoms with E-state index in [1.54, 1.807) is 16.9 Å². The number of benzene rings is 3. The Morgan fingerprint density at radius 2 is 1.66 bits per heavy atom. The summed E-state index contributed by atoms with van der Waals surface area (Å²) in [6, 6.07) is 27.2. The highest BCUT2D eigenvalue weighted by molar-refractivity contribution is 6.30. The lowest BCUT2D eigenvalue weighted by atomic mass is 10.0. The smallest absolute Gasteiger partial charge is 0.272 e. The number of halogens is 1. The third-order valence-electron chi connectivity index (χ3n) is 5.64. The van der Waals surface area contributed by atoms with Gasteiger partial charge in [0.05, 0.1) is 6.04 Å². The molecule has 3 aromatic carbocycles.